The van der Waals surface area contributed by atoms with Gasteiger partial charge in [0.1, 0.15) is 5.15 Å². The summed E-state index contributed by atoms with van der Waals surface area (Å²) < 4.78 is 0. The van der Waals surface area contributed by atoms with Gasteiger partial charge < -0.3 is 11.1 Å². The molecule has 0 unspecified atom stereocenters. The normalized spacial score (nSPS) is 10.4. The number of rotatable bonds is 3. The Morgan fingerprint density at radius 2 is 1.94 bits per heavy atom. The first kappa shape index (κ1) is 13.3. The second-order valence-electron chi connectivity index (χ2n) is 3.68. The largest absolute Gasteiger partial charge is 0.396 e. The highest BCUT2D eigenvalue weighted by Gasteiger charge is 2.04. The quantitative estimate of drug-likeness (QED) is 0.834. The van der Waals surface area contributed by atoms with E-state index in [1.165, 1.54) is 6.20 Å². The first-order valence-corrected chi connectivity index (χ1v) is 6.28. The van der Waals surface area contributed by atoms with Crippen molar-refractivity contribution >= 4 is 46.2 Å². The monoisotopic (exact) mass is 301 g/mol. The van der Waals surface area contributed by atoms with Crippen LogP contribution in [0.5, 0.6) is 0 Å². The maximum absolute atomic E-state index is 6.07. The number of pyridine rings is 1. The first-order chi connectivity index (χ1) is 8.56. The van der Waals surface area contributed by atoms with Gasteiger partial charge >= 0.3 is 0 Å². The summed E-state index contributed by atoms with van der Waals surface area (Å²) >= 11 is 17.8. The lowest BCUT2D eigenvalue weighted by Gasteiger charge is -2.10. The molecule has 0 aliphatic carbocycles. The van der Waals surface area contributed by atoms with E-state index in [1.54, 1.807) is 24.3 Å². The molecular formula is C12H10Cl3N3. The number of nitrogens with one attached hydrogen (secondary N) is 1. The molecular weight excluding hydrogens is 293 g/mol. The second kappa shape index (κ2) is 5.65. The molecule has 3 N–H and O–H groups in total. The number of hydrogen-bond donors (Lipinski definition) is 2. The second-order valence-corrected chi connectivity index (χ2v) is 4.91. The zero-order valence-corrected chi connectivity index (χ0v) is 11.5. The SMILES string of the molecule is Nc1cnc(Cl)cc1NCc1cc(Cl)ccc1Cl. The van der Waals surface area contributed by atoms with Crippen molar-refractivity contribution in [2.75, 3.05) is 11.1 Å². The Morgan fingerprint density at radius 1 is 1.17 bits per heavy atom. The van der Waals surface area contributed by atoms with Crippen LogP contribution in [0.3, 0.4) is 0 Å². The van der Waals surface area contributed by atoms with Crippen molar-refractivity contribution in [3.8, 4) is 0 Å². The van der Waals surface area contributed by atoms with Crippen LogP contribution in [0.25, 0.3) is 0 Å². The van der Waals surface area contributed by atoms with Gasteiger partial charge in [0.2, 0.25) is 0 Å². The highest BCUT2D eigenvalue weighted by atomic mass is 35.5. The minimum atomic E-state index is 0.379. The van der Waals surface area contributed by atoms with Crippen LogP contribution in [0.15, 0.2) is 30.5 Å². The van der Waals surface area contributed by atoms with Crippen molar-refractivity contribution in [1.82, 2.24) is 4.98 Å². The third kappa shape index (κ3) is 3.19. The van der Waals surface area contributed by atoms with Crippen LogP contribution in [0.2, 0.25) is 15.2 Å². The van der Waals surface area contributed by atoms with Crippen LogP contribution >= 0.6 is 34.8 Å². The van der Waals surface area contributed by atoms with Crippen molar-refractivity contribution in [3.63, 3.8) is 0 Å². The Kier molecular flexibility index (Phi) is 4.17. The zero-order valence-electron chi connectivity index (χ0n) is 9.25. The molecule has 0 fully saturated rings. The van der Waals surface area contributed by atoms with Crippen molar-refractivity contribution in [3.05, 3.63) is 51.2 Å². The number of halogens is 3. The Hall–Kier alpha value is -1.16. The predicted molar refractivity (Wildman–Crippen MR) is 77.4 cm³/mol. The van der Waals surface area contributed by atoms with Gasteiger partial charge in [-0.1, -0.05) is 34.8 Å². The summed E-state index contributed by atoms with van der Waals surface area (Å²) in [4.78, 5) is 3.88. The van der Waals surface area contributed by atoms with Crippen LogP contribution in [0.1, 0.15) is 5.56 Å². The fraction of sp³-hybridized carbons (Fsp3) is 0.0833. The zero-order chi connectivity index (χ0) is 13.1. The molecule has 2 aromatic rings. The number of nitrogens with zero attached hydrogens (tertiary/aromatic N) is 1. The average Bonchev–Trinajstić information content (AvgIpc) is 2.34. The lowest BCUT2D eigenvalue weighted by molar-refractivity contribution is 1.14. The molecule has 18 heavy (non-hydrogen) atoms. The fourth-order valence-corrected chi connectivity index (χ4v) is 2.00. The highest BCUT2D eigenvalue weighted by Crippen LogP contribution is 2.24. The van der Waals surface area contributed by atoms with E-state index in [4.69, 9.17) is 40.5 Å². The average molecular weight is 303 g/mol. The minimum absolute atomic E-state index is 0.379. The summed E-state index contributed by atoms with van der Waals surface area (Å²) in [5.74, 6) is 0. The molecule has 1 aromatic carbocycles. The summed E-state index contributed by atoms with van der Waals surface area (Å²) in [5, 5.41) is 4.80. The van der Waals surface area contributed by atoms with E-state index in [1.807, 2.05) is 0 Å². The minimum Gasteiger partial charge on any atom is -0.396 e. The molecule has 0 aliphatic heterocycles. The van der Waals surface area contributed by atoms with E-state index < -0.39 is 0 Å². The smallest absolute Gasteiger partial charge is 0.131 e. The standard InChI is InChI=1S/C12H10Cl3N3/c13-8-1-2-9(14)7(3-8)5-17-11-4-12(15)18-6-10(11)16/h1-4,6H,5,16H2,(H,17,18). The summed E-state index contributed by atoms with van der Waals surface area (Å²) in [6.45, 7) is 0.504. The third-order valence-corrected chi connectivity index (χ3v) is 3.19. The van der Waals surface area contributed by atoms with Gasteiger partial charge in [0.15, 0.2) is 0 Å². The van der Waals surface area contributed by atoms with Crippen LogP contribution in [0.4, 0.5) is 11.4 Å². The van der Waals surface area contributed by atoms with Crippen LogP contribution < -0.4 is 11.1 Å². The van der Waals surface area contributed by atoms with Gasteiger partial charge in [-0.15, -0.1) is 0 Å². The number of anilines is 2. The van der Waals surface area contributed by atoms with E-state index in [2.05, 4.69) is 10.3 Å². The maximum Gasteiger partial charge on any atom is 0.131 e. The molecule has 0 spiro atoms. The number of benzene rings is 1. The lowest BCUT2D eigenvalue weighted by Crippen LogP contribution is -2.03. The van der Waals surface area contributed by atoms with E-state index in [0.29, 0.717) is 33.1 Å². The highest BCUT2D eigenvalue weighted by molar-refractivity contribution is 6.33. The number of hydrogen-bond acceptors (Lipinski definition) is 3. The molecule has 0 bridgehead atoms. The van der Waals surface area contributed by atoms with E-state index in [0.717, 1.165) is 5.56 Å². The Balaban J connectivity index is 2.16. The van der Waals surface area contributed by atoms with Gasteiger partial charge in [-0.2, -0.15) is 0 Å². The predicted octanol–water partition coefficient (Wildman–Crippen LogP) is 4.24. The molecule has 0 saturated carbocycles. The molecule has 2 rings (SSSR count). The summed E-state index contributed by atoms with van der Waals surface area (Å²) in [5.41, 5.74) is 7.90. The molecule has 0 atom stereocenters. The van der Waals surface area contributed by atoms with Gasteiger partial charge in [-0.05, 0) is 23.8 Å². The summed E-state index contributed by atoms with van der Waals surface area (Å²) in [7, 11) is 0. The molecule has 6 heteroatoms. The van der Waals surface area contributed by atoms with Gasteiger partial charge in [0, 0.05) is 22.7 Å². The van der Waals surface area contributed by atoms with Gasteiger partial charge in [0.05, 0.1) is 17.6 Å². The lowest BCUT2D eigenvalue weighted by atomic mass is 10.2. The Labute approximate surface area is 120 Å². The molecule has 1 heterocycles. The molecule has 1 aromatic heterocycles. The Morgan fingerprint density at radius 3 is 2.72 bits per heavy atom. The van der Waals surface area contributed by atoms with Gasteiger partial charge in [0.25, 0.3) is 0 Å². The maximum atomic E-state index is 6.07. The van der Waals surface area contributed by atoms with Crippen molar-refractivity contribution < 1.29 is 0 Å². The number of aromatic nitrogens is 1. The van der Waals surface area contributed by atoms with Crippen LogP contribution in [-0.4, -0.2) is 4.98 Å². The van der Waals surface area contributed by atoms with Crippen molar-refractivity contribution in [2.24, 2.45) is 0 Å². The van der Waals surface area contributed by atoms with Gasteiger partial charge in [-0.25, -0.2) is 4.98 Å². The molecule has 0 radical (unpaired) electrons. The first-order valence-electron chi connectivity index (χ1n) is 5.15. The van der Waals surface area contributed by atoms with Crippen LogP contribution in [-0.2, 0) is 6.54 Å². The van der Waals surface area contributed by atoms with Crippen molar-refractivity contribution in [2.45, 2.75) is 6.54 Å². The molecule has 0 saturated heterocycles. The summed E-state index contributed by atoms with van der Waals surface area (Å²) in [6.07, 6.45) is 1.50. The number of nitrogen functional groups attached to an aromatic ring is 1. The fourth-order valence-electron chi connectivity index (χ4n) is 1.46. The topological polar surface area (TPSA) is 50.9 Å². The van der Waals surface area contributed by atoms with E-state index in [9.17, 15) is 0 Å². The van der Waals surface area contributed by atoms with Gasteiger partial charge in [-0.3, -0.25) is 0 Å². The van der Waals surface area contributed by atoms with E-state index >= 15 is 0 Å². The summed E-state index contributed by atoms with van der Waals surface area (Å²) in [6, 6.07) is 6.96. The molecule has 0 amide bonds. The Bertz CT molecular complexity index is 521. The molecule has 94 valence electrons. The number of nitrogens with two attached hydrogens (primary N) is 1. The van der Waals surface area contributed by atoms with Crippen molar-refractivity contribution in [1.29, 1.82) is 0 Å². The third-order valence-electron chi connectivity index (χ3n) is 2.38. The molecule has 0 aliphatic rings. The molecule has 3 nitrogen and oxygen atoms in total. The van der Waals surface area contributed by atoms with Crippen LogP contribution in [0, 0.1) is 0 Å². The van der Waals surface area contributed by atoms with E-state index in [-0.39, 0.29) is 0 Å².